The van der Waals surface area contributed by atoms with E-state index in [9.17, 15) is 0 Å². The molecule has 0 radical (unpaired) electrons. The quantitative estimate of drug-likeness (QED) is 0.850. The standard InChI is InChI=1S/C14H19NO2/c1-14(7-2-8-15-14)12-5-3-11(4-6-12)13-9-16-10-17-13/h3-6,13,15H,2,7-10H2,1H3. The van der Waals surface area contributed by atoms with Crippen molar-refractivity contribution in [1.29, 1.82) is 0 Å². The smallest absolute Gasteiger partial charge is 0.147 e. The first kappa shape index (κ1) is 11.2. The molecule has 2 saturated heterocycles. The van der Waals surface area contributed by atoms with Crippen molar-refractivity contribution < 1.29 is 9.47 Å². The van der Waals surface area contributed by atoms with Crippen LogP contribution in [0.2, 0.25) is 0 Å². The fourth-order valence-corrected chi connectivity index (χ4v) is 2.73. The molecule has 2 unspecified atom stereocenters. The van der Waals surface area contributed by atoms with E-state index in [0.29, 0.717) is 13.4 Å². The summed E-state index contributed by atoms with van der Waals surface area (Å²) in [5.41, 5.74) is 2.75. The fraction of sp³-hybridized carbons (Fsp3) is 0.571. The summed E-state index contributed by atoms with van der Waals surface area (Å²) in [4.78, 5) is 0. The number of benzene rings is 1. The Bertz CT molecular complexity index is 376. The summed E-state index contributed by atoms with van der Waals surface area (Å²) in [6.45, 7) is 4.50. The average Bonchev–Trinajstić information content (AvgIpc) is 3.01. The third kappa shape index (κ3) is 2.10. The van der Waals surface area contributed by atoms with Crippen LogP contribution in [-0.4, -0.2) is 19.9 Å². The van der Waals surface area contributed by atoms with Crippen molar-refractivity contribution >= 4 is 0 Å². The van der Waals surface area contributed by atoms with Crippen LogP contribution in [0, 0.1) is 0 Å². The van der Waals surface area contributed by atoms with Gasteiger partial charge in [-0.1, -0.05) is 24.3 Å². The number of ether oxygens (including phenoxy) is 2. The average molecular weight is 233 g/mol. The lowest BCUT2D eigenvalue weighted by Gasteiger charge is -2.25. The highest BCUT2D eigenvalue weighted by Crippen LogP contribution is 2.31. The van der Waals surface area contributed by atoms with Gasteiger partial charge in [0, 0.05) is 5.54 Å². The van der Waals surface area contributed by atoms with Crippen LogP contribution in [-0.2, 0) is 15.0 Å². The van der Waals surface area contributed by atoms with Gasteiger partial charge in [-0.05, 0) is 37.4 Å². The molecule has 0 bridgehead atoms. The molecule has 92 valence electrons. The van der Waals surface area contributed by atoms with Crippen molar-refractivity contribution in [2.24, 2.45) is 0 Å². The van der Waals surface area contributed by atoms with Gasteiger partial charge >= 0.3 is 0 Å². The molecule has 3 heteroatoms. The van der Waals surface area contributed by atoms with Gasteiger partial charge in [0.2, 0.25) is 0 Å². The fourth-order valence-electron chi connectivity index (χ4n) is 2.73. The molecule has 1 N–H and O–H groups in total. The molecule has 2 aliphatic heterocycles. The molecule has 17 heavy (non-hydrogen) atoms. The van der Waals surface area contributed by atoms with Gasteiger partial charge in [0.15, 0.2) is 0 Å². The van der Waals surface area contributed by atoms with Crippen LogP contribution in [0.5, 0.6) is 0 Å². The zero-order valence-corrected chi connectivity index (χ0v) is 10.2. The second-order valence-electron chi connectivity index (χ2n) is 5.13. The summed E-state index contributed by atoms with van der Waals surface area (Å²) >= 11 is 0. The minimum atomic E-state index is 0.119. The van der Waals surface area contributed by atoms with Gasteiger partial charge in [0.1, 0.15) is 12.9 Å². The monoisotopic (exact) mass is 233 g/mol. The second-order valence-corrected chi connectivity index (χ2v) is 5.13. The normalized spacial score (nSPS) is 33.1. The van der Waals surface area contributed by atoms with Crippen LogP contribution in [0.4, 0.5) is 0 Å². The van der Waals surface area contributed by atoms with Crippen LogP contribution in [0.25, 0.3) is 0 Å². The maximum Gasteiger partial charge on any atom is 0.147 e. The Morgan fingerprint density at radius 1 is 1.29 bits per heavy atom. The maximum atomic E-state index is 5.49. The van der Waals surface area contributed by atoms with Crippen molar-refractivity contribution in [3.05, 3.63) is 35.4 Å². The number of hydrogen-bond donors (Lipinski definition) is 1. The predicted molar refractivity (Wildman–Crippen MR) is 65.7 cm³/mol. The summed E-state index contributed by atoms with van der Waals surface area (Å²) in [5, 5.41) is 3.58. The molecule has 0 amide bonds. The van der Waals surface area contributed by atoms with E-state index in [1.165, 1.54) is 24.0 Å². The first-order valence-electron chi connectivity index (χ1n) is 6.33. The lowest BCUT2D eigenvalue weighted by molar-refractivity contribution is 0.0466. The largest absolute Gasteiger partial charge is 0.352 e. The lowest BCUT2D eigenvalue weighted by atomic mass is 9.89. The molecule has 0 aliphatic carbocycles. The molecule has 0 aromatic heterocycles. The molecule has 2 atom stereocenters. The van der Waals surface area contributed by atoms with E-state index in [4.69, 9.17) is 9.47 Å². The zero-order chi connectivity index (χ0) is 11.7. The van der Waals surface area contributed by atoms with E-state index in [2.05, 4.69) is 36.5 Å². The number of nitrogens with one attached hydrogen (secondary N) is 1. The minimum Gasteiger partial charge on any atom is -0.352 e. The van der Waals surface area contributed by atoms with E-state index in [0.717, 1.165) is 6.54 Å². The highest BCUT2D eigenvalue weighted by molar-refractivity contribution is 5.30. The summed E-state index contributed by atoms with van der Waals surface area (Å²) in [5.74, 6) is 0. The Kier molecular flexibility index (Phi) is 2.90. The van der Waals surface area contributed by atoms with E-state index in [1.807, 2.05) is 0 Å². The summed E-state index contributed by atoms with van der Waals surface area (Å²) in [6, 6.07) is 8.77. The Morgan fingerprint density at radius 2 is 2.12 bits per heavy atom. The van der Waals surface area contributed by atoms with Gasteiger partial charge in [-0.15, -0.1) is 0 Å². The van der Waals surface area contributed by atoms with Crippen molar-refractivity contribution in [2.75, 3.05) is 19.9 Å². The van der Waals surface area contributed by atoms with Crippen LogP contribution in [0.15, 0.2) is 24.3 Å². The third-order valence-corrected chi connectivity index (χ3v) is 3.91. The Hall–Kier alpha value is -0.900. The van der Waals surface area contributed by atoms with Gasteiger partial charge in [-0.2, -0.15) is 0 Å². The minimum absolute atomic E-state index is 0.119. The molecular weight excluding hydrogens is 214 g/mol. The topological polar surface area (TPSA) is 30.5 Å². The van der Waals surface area contributed by atoms with E-state index in [-0.39, 0.29) is 11.6 Å². The molecular formula is C14H19NO2. The van der Waals surface area contributed by atoms with Gasteiger partial charge < -0.3 is 14.8 Å². The Labute approximate surface area is 102 Å². The SMILES string of the molecule is CC1(c2ccc(C3COCO3)cc2)CCCN1. The molecule has 2 fully saturated rings. The predicted octanol–water partition coefficient (Wildman–Crippen LogP) is 2.33. The number of rotatable bonds is 2. The lowest BCUT2D eigenvalue weighted by Crippen LogP contribution is -2.33. The first-order valence-corrected chi connectivity index (χ1v) is 6.33. The highest BCUT2D eigenvalue weighted by atomic mass is 16.7. The van der Waals surface area contributed by atoms with Crippen LogP contribution in [0.3, 0.4) is 0 Å². The summed E-state index contributed by atoms with van der Waals surface area (Å²) in [6.07, 6.45) is 2.60. The zero-order valence-electron chi connectivity index (χ0n) is 10.2. The maximum absolute atomic E-state index is 5.49. The van der Waals surface area contributed by atoms with Gasteiger partial charge in [-0.3, -0.25) is 0 Å². The van der Waals surface area contributed by atoms with Gasteiger partial charge in [0.25, 0.3) is 0 Å². The molecule has 3 rings (SSSR count). The molecule has 1 aromatic carbocycles. The first-order chi connectivity index (χ1) is 8.28. The summed E-state index contributed by atoms with van der Waals surface area (Å²) < 4.78 is 10.7. The van der Waals surface area contributed by atoms with E-state index < -0.39 is 0 Å². The van der Waals surface area contributed by atoms with E-state index in [1.54, 1.807) is 0 Å². The van der Waals surface area contributed by atoms with Crippen molar-refractivity contribution in [2.45, 2.75) is 31.4 Å². The third-order valence-electron chi connectivity index (χ3n) is 3.91. The summed E-state index contributed by atoms with van der Waals surface area (Å²) in [7, 11) is 0. The van der Waals surface area contributed by atoms with Crippen molar-refractivity contribution in [3.63, 3.8) is 0 Å². The van der Waals surface area contributed by atoms with Crippen molar-refractivity contribution in [3.8, 4) is 0 Å². The number of hydrogen-bond acceptors (Lipinski definition) is 3. The Balaban J connectivity index is 1.79. The van der Waals surface area contributed by atoms with Gasteiger partial charge in [-0.25, -0.2) is 0 Å². The molecule has 2 aliphatic rings. The van der Waals surface area contributed by atoms with Gasteiger partial charge in [0.05, 0.1) is 6.61 Å². The molecule has 2 heterocycles. The van der Waals surface area contributed by atoms with Crippen molar-refractivity contribution in [1.82, 2.24) is 5.32 Å². The Morgan fingerprint density at radius 3 is 2.71 bits per heavy atom. The van der Waals surface area contributed by atoms with E-state index >= 15 is 0 Å². The molecule has 0 saturated carbocycles. The van der Waals surface area contributed by atoms with Crippen LogP contribution < -0.4 is 5.32 Å². The van der Waals surface area contributed by atoms with Crippen LogP contribution in [0.1, 0.15) is 37.0 Å². The molecule has 3 nitrogen and oxygen atoms in total. The second kappa shape index (κ2) is 4.41. The van der Waals surface area contributed by atoms with Crippen LogP contribution >= 0.6 is 0 Å². The highest BCUT2D eigenvalue weighted by Gasteiger charge is 2.30. The molecule has 1 aromatic rings. The molecule has 0 spiro atoms.